The number of carboxylic acid groups (broad SMARTS) is 1. The van der Waals surface area contributed by atoms with Crippen molar-refractivity contribution in [1.82, 2.24) is 4.72 Å². The summed E-state index contributed by atoms with van der Waals surface area (Å²) in [5, 5.41) is 8.92. The van der Waals surface area contributed by atoms with Crippen molar-refractivity contribution in [2.75, 3.05) is 6.54 Å². The Morgan fingerprint density at radius 2 is 2.11 bits per heavy atom. The summed E-state index contributed by atoms with van der Waals surface area (Å²) in [5.41, 5.74) is -0.229. The molecule has 0 amide bonds. The molecule has 0 saturated heterocycles. The third-order valence-electron chi connectivity index (χ3n) is 2.80. The lowest BCUT2D eigenvalue weighted by molar-refractivity contribution is 0.0697. The van der Waals surface area contributed by atoms with Gasteiger partial charge in [-0.25, -0.2) is 17.9 Å². The van der Waals surface area contributed by atoms with E-state index in [4.69, 9.17) is 16.7 Å². The highest BCUT2D eigenvalue weighted by atomic mass is 35.5. The molecule has 0 bridgehead atoms. The second-order valence-electron chi connectivity index (χ2n) is 4.31. The molecule has 1 rings (SSSR count). The van der Waals surface area contributed by atoms with Gasteiger partial charge in [0.15, 0.2) is 0 Å². The van der Waals surface area contributed by atoms with Gasteiger partial charge in [0.2, 0.25) is 10.0 Å². The first-order chi connectivity index (χ1) is 8.77. The fourth-order valence-electron chi connectivity index (χ4n) is 1.32. The molecule has 1 aromatic rings. The molecular weight excluding hydrogens is 290 g/mol. The smallest absolute Gasteiger partial charge is 0.337 e. The van der Waals surface area contributed by atoms with Crippen LogP contribution in [0.3, 0.4) is 0 Å². The quantitative estimate of drug-likeness (QED) is 0.845. The molecule has 0 aliphatic heterocycles. The number of halogens is 1. The Bertz CT molecular complexity index is 571. The second kappa shape index (κ2) is 6.36. The molecule has 0 radical (unpaired) electrons. The van der Waals surface area contributed by atoms with Crippen molar-refractivity contribution in [2.24, 2.45) is 5.92 Å². The zero-order valence-corrected chi connectivity index (χ0v) is 12.3. The first-order valence-corrected chi connectivity index (χ1v) is 7.66. The van der Waals surface area contributed by atoms with Gasteiger partial charge in [-0.2, -0.15) is 0 Å². The third-order valence-corrected chi connectivity index (χ3v) is 4.55. The van der Waals surface area contributed by atoms with Gasteiger partial charge < -0.3 is 5.11 Å². The monoisotopic (exact) mass is 305 g/mol. The molecule has 2 N–H and O–H groups in total. The Labute approximate surface area is 117 Å². The van der Waals surface area contributed by atoms with Crippen LogP contribution in [-0.2, 0) is 10.0 Å². The number of benzene rings is 1. The number of hydrogen-bond acceptors (Lipinski definition) is 3. The van der Waals surface area contributed by atoms with Gasteiger partial charge in [-0.3, -0.25) is 0 Å². The average molecular weight is 306 g/mol. The van der Waals surface area contributed by atoms with Crippen LogP contribution in [0.2, 0.25) is 5.02 Å². The zero-order valence-electron chi connectivity index (χ0n) is 10.7. The third kappa shape index (κ3) is 4.19. The van der Waals surface area contributed by atoms with Crippen LogP contribution in [-0.4, -0.2) is 26.0 Å². The van der Waals surface area contributed by atoms with Gasteiger partial charge >= 0.3 is 5.97 Å². The van der Waals surface area contributed by atoms with Crippen LogP contribution in [0.15, 0.2) is 23.1 Å². The molecule has 5 nitrogen and oxygen atoms in total. The molecule has 1 unspecified atom stereocenters. The molecule has 0 saturated carbocycles. The Morgan fingerprint density at radius 3 is 2.63 bits per heavy atom. The lowest BCUT2D eigenvalue weighted by Crippen LogP contribution is -2.28. The summed E-state index contributed by atoms with van der Waals surface area (Å²) in [6, 6.07) is 3.61. The lowest BCUT2D eigenvalue weighted by Gasteiger charge is -2.11. The maximum Gasteiger partial charge on any atom is 0.337 e. The van der Waals surface area contributed by atoms with Crippen molar-refractivity contribution >= 4 is 27.6 Å². The van der Waals surface area contributed by atoms with E-state index in [0.29, 0.717) is 6.54 Å². The van der Waals surface area contributed by atoms with E-state index in [9.17, 15) is 13.2 Å². The van der Waals surface area contributed by atoms with E-state index in [2.05, 4.69) is 4.72 Å². The fraction of sp³-hybridized carbons (Fsp3) is 0.417. The highest BCUT2D eigenvalue weighted by Gasteiger charge is 2.18. The first-order valence-electron chi connectivity index (χ1n) is 5.80. The van der Waals surface area contributed by atoms with Crippen molar-refractivity contribution in [1.29, 1.82) is 0 Å². The van der Waals surface area contributed by atoms with Crippen LogP contribution in [0, 0.1) is 5.92 Å². The van der Waals surface area contributed by atoms with E-state index in [1.165, 1.54) is 12.1 Å². The molecule has 106 valence electrons. The standard InChI is InChI=1S/C12H16ClNO4S/c1-3-8(2)7-14-19(17,18)9-4-5-11(13)10(6-9)12(15)16/h4-6,8,14H,3,7H2,1-2H3,(H,15,16). The Kier molecular flexibility index (Phi) is 5.34. The summed E-state index contributed by atoms with van der Waals surface area (Å²) < 4.78 is 26.4. The largest absolute Gasteiger partial charge is 0.478 e. The summed E-state index contributed by atoms with van der Waals surface area (Å²) in [6.45, 7) is 4.20. The topological polar surface area (TPSA) is 83.5 Å². The van der Waals surface area contributed by atoms with Crippen molar-refractivity contribution in [3.05, 3.63) is 28.8 Å². The molecule has 0 aliphatic carbocycles. The molecular formula is C12H16ClNO4S. The van der Waals surface area contributed by atoms with Crippen LogP contribution >= 0.6 is 11.6 Å². The van der Waals surface area contributed by atoms with Crippen molar-refractivity contribution in [3.63, 3.8) is 0 Å². The van der Waals surface area contributed by atoms with E-state index in [0.717, 1.165) is 12.5 Å². The van der Waals surface area contributed by atoms with Gasteiger partial charge in [0, 0.05) is 6.54 Å². The molecule has 1 aromatic carbocycles. The van der Waals surface area contributed by atoms with Gasteiger partial charge in [0.05, 0.1) is 15.5 Å². The molecule has 0 fully saturated rings. The minimum Gasteiger partial charge on any atom is -0.478 e. The molecule has 19 heavy (non-hydrogen) atoms. The fourth-order valence-corrected chi connectivity index (χ4v) is 2.70. The number of hydrogen-bond donors (Lipinski definition) is 2. The first kappa shape index (κ1) is 15.9. The van der Waals surface area contributed by atoms with E-state index in [1.54, 1.807) is 0 Å². The number of sulfonamides is 1. The predicted molar refractivity (Wildman–Crippen MR) is 73.1 cm³/mol. The van der Waals surface area contributed by atoms with Crippen molar-refractivity contribution in [3.8, 4) is 0 Å². The van der Waals surface area contributed by atoms with Gasteiger partial charge in [-0.1, -0.05) is 31.9 Å². The van der Waals surface area contributed by atoms with E-state index < -0.39 is 16.0 Å². The SMILES string of the molecule is CCC(C)CNS(=O)(=O)c1ccc(Cl)c(C(=O)O)c1. The number of rotatable bonds is 6. The molecule has 0 aromatic heterocycles. The Hall–Kier alpha value is -1.11. The minimum absolute atomic E-state index is 0.00776. The molecule has 0 heterocycles. The van der Waals surface area contributed by atoms with Crippen LogP contribution < -0.4 is 4.72 Å². The average Bonchev–Trinajstić information content (AvgIpc) is 2.35. The summed E-state index contributed by atoms with van der Waals surface area (Å²) in [6.07, 6.45) is 0.851. The van der Waals surface area contributed by atoms with E-state index in [1.807, 2.05) is 13.8 Å². The Morgan fingerprint density at radius 1 is 1.47 bits per heavy atom. The maximum atomic E-state index is 12.0. The van der Waals surface area contributed by atoms with Crippen LogP contribution in [0.25, 0.3) is 0 Å². The number of carbonyl (C=O) groups is 1. The molecule has 7 heteroatoms. The van der Waals surface area contributed by atoms with Crippen molar-refractivity contribution < 1.29 is 18.3 Å². The maximum absolute atomic E-state index is 12.0. The van der Waals surface area contributed by atoms with Gasteiger partial charge in [0.25, 0.3) is 0 Å². The van der Waals surface area contributed by atoms with Crippen molar-refractivity contribution in [2.45, 2.75) is 25.2 Å². The number of carboxylic acids is 1. The van der Waals surface area contributed by atoms with Gasteiger partial charge in [-0.15, -0.1) is 0 Å². The normalized spacial score (nSPS) is 13.2. The highest BCUT2D eigenvalue weighted by Crippen LogP contribution is 2.20. The zero-order chi connectivity index (χ0) is 14.6. The summed E-state index contributed by atoms with van der Waals surface area (Å²) in [5.74, 6) is -1.05. The number of aromatic carboxylic acids is 1. The Balaban J connectivity index is 3.02. The van der Waals surface area contributed by atoms with Crippen LogP contribution in [0.1, 0.15) is 30.6 Å². The minimum atomic E-state index is -3.71. The lowest BCUT2D eigenvalue weighted by atomic mass is 10.1. The van der Waals surface area contributed by atoms with E-state index in [-0.39, 0.29) is 21.4 Å². The summed E-state index contributed by atoms with van der Waals surface area (Å²) in [7, 11) is -3.71. The summed E-state index contributed by atoms with van der Waals surface area (Å²) in [4.78, 5) is 10.8. The predicted octanol–water partition coefficient (Wildman–Crippen LogP) is 2.36. The molecule has 1 atom stereocenters. The van der Waals surface area contributed by atoms with Crippen LogP contribution in [0.4, 0.5) is 0 Å². The second-order valence-corrected chi connectivity index (χ2v) is 6.49. The van der Waals surface area contributed by atoms with Gasteiger partial charge in [-0.05, 0) is 24.1 Å². The van der Waals surface area contributed by atoms with Gasteiger partial charge in [0.1, 0.15) is 0 Å². The number of nitrogens with one attached hydrogen (secondary N) is 1. The van der Waals surface area contributed by atoms with E-state index >= 15 is 0 Å². The van der Waals surface area contributed by atoms with Crippen LogP contribution in [0.5, 0.6) is 0 Å². The highest BCUT2D eigenvalue weighted by molar-refractivity contribution is 7.89. The molecule has 0 aliphatic rings. The summed E-state index contributed by atoms with van der Waals surface area (Å²) >= 11 is 5.70. The molecule has 0 spiro atoms.